The summed E-state index contributed by atoms with van der Waals surface area (Å²) in [6.45, 7) is 7.87. The predicted molar refractivity (Wildman–Crippen MR) is 108 cm³/mol. The number of fused-ring (bicyclic) bond motifs is 1. The van der Waals surface area contributed by atoms with Gasteiger partial charge in [-0.15, -0.1) is 0 Å². The standard InChI is InChI=1S/C22H26O6/c1-14(2)7-6-8-15(3)11-12-26-17-9-10-18-19(13-17)28-22(24)21(20(18)25-5)27-16(4)23/h7,9-11,13H,6,8,12H2,1-5H3/b15-11+. The summed E-state index contributed by atoms with van der Waals surface area (Å²) in [6, 6.07) is 5.06. The highest BCUT2D eigenvalue weighted by Gasteiger charge is 2.19. The molecule has 0 radical (unpaired) electrons. The Bertz CT molecular complexity index is 961. The molecule has 6 heteroatoms. The second-order valence-corrected chi connectivity index (χ2v) is 6.69. The molecule has 0 atom stereocenters. The van der Waals surface area contributed by atoms with Gasteiger partial charge in [0.25, 0.3) is 5.75 Å². The largest absolute Gasteiger partial charge is 0.492 e. The van der Waals surface area contributed by atoms with Crippen LogP contribution in [0.3, 0.4) is 0 Å². The fraction of sp³-hybridized carbons (Fsp3) is 0.364. The fourth-order valence-corrected chi connectivity index (χ4v) is 2.63. The fourth-order valence-electron chi connectivity index (χ4n) is 2.63. The zero-order valence-corrected chi connectivity index (χ0v) is 17.0. The van der Waals surface area contributed by atoms with E-state index in [2.05, 4.69) is 26.8 Å². The molecular weight excluding hydrogens is 360 g/mol. The molecule has 28 heavy (non-hydrogen) atoms. The van der Waals surface area contributed by atoms with E-state index in [1.165, 1.54) is 25.2 Å². The highest BCUT2D eigenvalue weighted by Crippen LogP contribution is 2.34. The van der Waals surface area contributed by atoms with E-state index >= 15 is 0 Å². The van der Waals surface area contributed by atoms with Crippen LogP contribution in [0, 0.1) is 0 Å². The van der Waals surface area contributed by atoms with Gasteiger partial charge in [-0.3, -0.25) is 4.79 Å². The van der Waals surface area contributed by atoms with E-state index in [-0.39, 0.29) is 11.5 Å². The molecule has 2 rings (SSSR count). The van der Waals surface area contributed by atoms with Crippen LogP contribution >= 0.6 is 0 Å². The average molecular weight is 386 g/mol. The van der Waals surface area contributed by atoms with Crippen molar-refractivity contribution in [2.75, 3.05) is 13.7 Å². The van der Waals surface area contributed by atoms with Gasteiger partial charge in [-0.2, -0.15) is 0 Å². The first-order valence-corrected chi connectivity index (χ1v) is 9.07. The number of hydrogen-bond acceptors (Lipinski definition) is 6. The second kappa shape index (κ2) is 9.78. The minimum atomic E-state index is -0.785. The molecule has 0 aliphatic rings. The van der Waals surface area contributed by atoms with E-state index in [9.17, 15) is 9.59 Å². The molecule has 1 aromatic carbocycles. The lowest BCUT2D eigenvalue weighted by molar-refractivity contribution is -0.132. The van der Waals surface area contributed by atoms with Crippen molar-refractivity contribution in [2.45, 2.75) is 40.5 Å². The Morgan fingerprint density at radius 3 is 2.50 bits per heavy atom. The van der Waals surface area contributed by atoms with Gasteiger partial charge < -0.3 is 18.6 Å². The first kappa shape index (κ1) is 21.3. The molecule has 0 N–H and O–H groups in total. The normalized spacial score (nSPS) is 11.2. The highest BCUT2D eigenvalue weighted by atomic mass is 16.6. The number of rotatable bonds is 8. The summed E-state index contributed by atoms with van der Waals surface area (Å²) in [5, 5.41) is 0.513. The first-order chi connectivity index (χ1) is 13.3. The Hall–Kier alpha value is -3.02. The third-order valence-corrected chi connectivity index (χ3v) is 4.01. The summed E-state index contributed by atoms with van der Waals surface area (Å²) in [5.74, 6) is -0.169. The molecule has 0 saturated heterocycles. The third kappa shape index (κ3) is 5.74. The maximum atomic E-state index is 12.1. The van der Waals surface area contributed by atoms with E-state index in [4.69, 9.17) is 18.6 Å². The van der Waals surface area contributed by atoms with Crippen LogP contribution in [0.4, 0.5) is 0 Å². The predicted octanol–water partition coefficient (Wildman–Crippen LogP) is 4.80. The minimum Gasteiger partial charge on any atom is -0.492 e. The van der Waals surface area contributed by atoms with Crippen LogP contribution in [-0.2, 0) is 4.79 Å². The molecule has 0 bridgehead atoms. The average Bonchev–Trinajstić information content (AvgIpc) is 2.61. The van der Waals surface area contributed by atoms with Crippen molar-refractivity contribution in [2.24, 2.45) is 0 Å². The number of methoxy groups -OCH3 is 1. The zero-order chi connectivity index (χ0) is 20.7. The Morgan fingerprint density at radius 2 is 1.86 bits per heavy atom. The Morgan fingerprint density at radius 1 is 1.11 bits per heavy atom. The van der Waals surface area contributed by atoms with E-state index < -0.39 is 11.6 Å². The molecule has 1 heterocycles. The Labute approximate surface area is 164 Å². The van der Waals surface area contributed by atoms with Crippen molar-refractivity contribution in [3.8, 4) is 17.2 Å². The Kier molecular flexibility index (Phi) is 7.44. The molecular formula is C22H26O6. The van der Waals surface area contributed by atoms with Crippen LogP contribution < -0.4 is 19.8 Å². The van der Waals surface area contributed by atoms with Crippen LogP contribution in [0.5, 0.6) is 17.2 Å². The number of ether oxygens (including phenoxy) is 3. The molecule has 6 nitrogen and oxygen atoms in total. The van der Waals surface area contributed by atoms with Gasteiger partial charge in [0.1, 0.15) is 17.9 Å². The first-order valence-electron chi connectivity index (χ1n) is 9.07. The van der Waals surface area contributed by atoms with Crippen molar-refractivity contribution in [1.29, 1.82) is 0 Å². The van der Waals surface area contributed by atoms with Crippen molar-refractivity contribution in [3.63, 3.8) is 0 Å². The number of esters is 1. The molecule has 0 unspecified atom stereocenters. The van der Waals surface area contributed by atoms with E-state index in [1.54, 1.807) is 18.2 Å². The molecule has 0 fully saturated rings. The summed E-state index contributed by atoms with van der Waals surface area (Å²) in [5.41, 5.74) is 2.07. The summed E-state index contributed by atoms with van der Waals surface area (Å²) in [4.78, 5) is 23.3. The van der Waals surface area contributed by atoms with Gasteiger partial charge in [0.05, 0.1) is 12.5 Å². The minimum absolute atomic E-state index is 0.156. The maximum Gasteiger partial charge on any atom is 0.383 e. The molecule has 0 amide bonds. The van der Waals surface area contributed by atoms with Crippen molar-refractivity contribution < 1.29 is 23.4 Å². The number of allylic oxidation sites excluding steroid dienone is 3. The molecule has 150 valence electrons. The quantitative estimate of drug-likeness (QED) is 0.369. The van der Waals surface area contributed by atoms with Gasteiger partial charge in [-0.05, 0) is 51.8 Å². The summed E-state index contributed by atoms with van der Waals surface area (Å²) < 4.78 is 21.2. The third-order valence-electron chi connectivity index (χ3n) is 4.01. The van der Waals surface area contributed by atoms with Crippen molar-refractivity contribution in [3.05, 3.63) is 51.9 Å². The molecule has 2 aromatic rings. The van der Waals surface area contributed by atoms with Gasteiger partial charge in [-0.25, -0.2) is 4.79 Å². The number of hydrogen-bond donors (Lipinski definition) is 0. The van der Waals surface area contributed by atoms with Crippen LogP contribution in [0.1, 0.15) is 40.5 Å². The van der Waals surface area contributed by atoms with Gasteiger partial charge in [-0.1, -0.05) is 17.2 Å². The van der Waals surface area contributed by atoms with E-state index in [0.717, 1.165) is 12.8 Å². The molecule has 0 spiro atoms. The van der Waals surface area contributed by atoms with Crippen LogP contribution in [0.2, 0.25) is 0 Å². The molecule has 0 aliphatic heterocycles. The molecule has 1 aromatic heterocycles. The van der Waals surface area contributed by atoms with E-state index in [0.29, 0.717) is 23.3 Å². The number of carbonyl (C=O) groups excluding carboxylic acids is 1. The van der Waals surface area contributed by atoms with Gasteiger partial charge in [0, 0.05) is 13.0 Å². The smallest absolute Gasteiger partial charge is 0.383 e. The summed E-state index contributed by atoms with van der Waals surface area (Å²) >= 11 is 0. The SMILES string of the molecule is COc1c(OC(C)=O)c(=O)oc2cc(OC/C=C(\C)CCC=C(C)C)ccc12. The van der Waals surface area contributed by atoms with Crippen LogP contribution in [-0.4, -0.2) is 19.7 Å². The second-order valence-electron chi connectivity index (χ2n) is 6.69. The van der Waals surface area contributed by atoms with Crippen LogP contribution in [0.25, 0.3) is 11.0 Å². The lowest BCUT2D eigenvalue weighted by atomic mass is 10.1. The number of carbonyl (C=O) groups is 1. The van der Waals surface area contributed by atoms with Crippen molar-refractivity contribution >= 4 is 16.9 Å². The van der Waals surface area contributed by atoms with Crippen LogP contribution in [0.15, 0.2) is 50.7 Å². The highest BCUT2D eigenvalue weighted by molar-refractivity contribution is 5.87. The molecule has 0 aliphatic carbocycles. The Balaban J connectivity index is 2.17. The summed E-state index contributed by atoms with van der Waals surface area (Å²) in [7, 11) is 1.40. The monoisotopic (exact) mass is 386 g/mol. The van der Waals surface area contributed by atoms with Crippen molar-refractivity contribution in [1.82, 2.24) is 0 Å². The van der Waals surface area contributed by atoms with Gasteiger partial charge >= 0.3 is 11.6 Å². The zero-order valence-electron chi connectivity index (χ0n) is 17.0. The van der Waals surface area contributed by atoms with Gasteiger partial charge in [0.15, 0.2) is 5.75 Å². The van der Waals surface area contributed by atoms with Gasteiger partial charge in [0.2, 0.25) is 0 Å². The maximum absolute atomic E-state index is 12.1. The lowest BCUT2D eigenvalue weighted by Gasteiger charge is -2.10. The summed E-state index contributed by atoms with van der Waals surface area (Å²) in [6.07, 6.45) is 6.23. The van der Waals surface area contributed by atoms with E-state index in [1.807, 2.05) is 6.08 Å². The topological polar surface area (TPSA) is 75.0 Å². The molecule has 0 saturated carbocycles. The lowest BCUT2D eigenvalue weighted by Crippen LogP contribution is -2.12. The number of benzene rings is 1.